The van der Waals surface area contributed by atoms with Gasteiger partial charge in [0.1, 0.15) is 6.04 Å². The Balaban J connectivity index is -0.000000202. The molecule has 0 amide bonds. The van der Waals surface area contributed by atoms with Crippen LogP contribution in [0.3, 0.4) is 0 Å². The molecule has 9 heteroatoms. The normalized spacial score (nSPS) is 15.7. The van der Waals surface area contributed by atoms with Gasteiger partial charge in [-0.05, 0) is 6.92 Å². The largest absolute Gasteiger partial charge is 2.00 e. The molecule has 0 fully saturated rings. The van der Waals surface area contributed by atoms with Gasteiger partial charge in [0.25, 0.3) is 0 Å². The van der Waals surface area contributed by atoms with E-state index in [0.29, 0.717) is 0 Å². The van der Waals surface area contributed by atoms with E-state index in [9.17, 15) is 9.36 Å². The molecule has 2 unspecified atom stereocenters. The maximum Gasteiger partial charge on any atom is 2.00 e. The molecule has 0 aliphatic carbocycles. The van der Waals surface area contributed by atoms with Crippen LogP contribution in [-0.4, -0.2) is 70.7 Å². The van der Waals surface area contributed by atoms with Crippen molar-refractivity contribution in [2.75, 3.05) is 0 Å². The van der Waals surface area contributed by atoms with Crippen molar-refractivity contribution in [2.45, 2.75) is 19.1 Å². The maximum atomic E-state index is 10.2. The van der Waals surface area contributed by atoms with Crippen LogP contribution in [-0.2, 0) is 13.9 Å². The molecule has 0 aromatic rings. The summed E-state index contributed by atoms with van der Waals surface area (Å²) < 4.78 is 14.2. The van der Waals surface area contributed by atoms with Gasteiger partial charge in [0, 0.05) is 0 Å². The number of rotatable bonds is 4. The Kier molecular flexibility index (Phi) is 7.89. The molecule has 0 aromatic heterocycles. The summed E-state index contributed by atoms with van der Waals surface area (Å²) in [4.78, 5) is 26.7. The van der Waals surface area contributed by atoms with E-state index in [2.05, 4.69) is 4.52 Å². The summed E-state index contributed by atoms with van der Waals surface area (Å²) >= 11 is 0. The summed E-state index contributed by atoms with van der Waals surface area (Å²) in [6.45, 7) is 1.16. The van der Waals surface area contributed by atoms with Crippen molar-refractivity contribution < 1.29 is 31.6 Å². The second-order valence-corrected chi connectivity index (χ2v) is 3.36. The third-order valence-electron chi connectivity index (χ3n) is 1.09. The van der Waals surface area contributed by atoms with E-state index >= 15 is 0 Å². The van der Waals surface area contributed by atoms with Crippen LogP contribution in [0.4, 0.5) is 0 Å². The Morgan fingerprint density at radius 2 is 2.00 bits per heavy atom. The van der Waals surface area contributed by atoms with Gasteiger partial charge in [-0.1, -0.05) is 0 Å². The number of nitrogens with two attached hydrogens (primary N) is 1. The number of hydrogen-bond acceptors (Lipinski definition) is 4. The minimum atomic E-state index is -4.66. The quantitative estimate of drug-likeness (QED) is 0.357. The molecule has 0 rings (SSSR count). The van der Waals surface area contributed by atoms with Crippen molar-refractivity contribution in [1.29, 1.82) is 0 Å². The van der Waals surface area contributed by atoms with Crippen LogP contribution in [0, 0.1) is 0 Å². The Labute approximate surface area is 107 Å². The molecule has 5 N–H and O–H groups in total. The molecule has 0 spiro atoms. The van der Waals surface area contributed by atoms with Gasteiger partial charge < -0.3 is 23.5 Å². The van der Waals surface area contributed by atoms with E-state index in [0.717, 1.165) is 6.92 Å². The minimum Gasteiger partial charge on any atom is -1.00 e. The number of carboxylic acids is 1. The van der Waals surface area contributed by atoms with E-state index in [1.165, 1.54) is 0 Å². The second-order valence-electron chi connectivity index (χ2n) is 2.17. The summed E-state index contributed by atoms with van der Waals surface area (Å²) in [6, 6.07) is -1.45. The number of phosphoric ester groups is 1. The van der Waals surface area contributed by atoms with Crippen molar-refractivity contribution in [3.05, 3.63) is 0 Å². The van der Waals surface area contributed by atoms with Crippen molar-refractivity contribution in [1.82, 2.24) is 0 Å². The van der Waals surface area contributed by atoms with Gasteiger partial charge in [0.05, 0.1) is 6.10 Å². The molecule has 0 aromatic carbocycles. The zero-order chi connectivity index (χ0) is 9.94. The average Bonchev–Trinajstić information content (AvgIpc) is 1.82. The molecule has 0 saturated carbocycles. The summed E-state index contributed by atoms with van der Waals surface area (Å²) in [5.41, 5.74) is 5.00. The number of hydrogen-bond donors (Lipinski definition) is 4. The monoisotopic (exact) mass is 241 g/mol. The average molecular weight is 241 g/mol. The molecule has 0 saturated heterocycles. The van der Waals surface area contributed by atoms with Crippen molar-refractivity contribution in [3.63, 3.8) is 0 Å². The topological polar surface area (TPSA) is 130 Å². The Hall–Kier alpha value is 0.800. The number of aliphatic carboxylic acids is 1. The van der Waals surface area contributed by atoms with Crippen LogP contribution >= 0.6 is 7.82 Å². The maximum absolute atomic E-state index is 10.2. The summed E-state index contributed by atoms with van der Waals surface area (Å²) in [5, 5.41) is 8.29. The molecule has 0 aliphatic heterocycles. The first kappa shape index (κ1) is 16.2. The number of carboxylic acid groups (broad SMARTS) is 1. The third-order valence-corrected chi connectivity index (χ3v) is 1.70. The van der Waals surface area contributed by atoms with Gasteiger partial charge in [0.15, 0.2) is 0 Å². The van der Waals surface area contributed by atoms with E-state index in [-0.39, 0.29) is 40.6 Å². The summed E-state index contributed by atoms with van der Waals surface area (Å²) in [5.74, 6) is -1.38. The first-order valence-corrected chi connectivity index (χ1v) is 4.49. The Morgan fingerprint density at radius 1 is 1.62 bits per heavy atom. The van der Waals surface area contributed by atoms with Crippen LogP contribution in [0.25, 0.3) is 0 Å². The molecule has 0 heterocycles. The number of carbonyl (C=O) groups is 1. The van der Waals surface area contributed by atoms with Crippen LogP contribution in [0.15, 0.2) is 0 Å². The minimum absolute atomic E-state index is 0. The number of phosphoric acid groups is 1. The van der Waals surface area contributed by atoms with Crippen LogP contribution in [0.5, 0.6) is 0 Å². The van der Waals surface area contributed by atoms with Crippen LogP contribution in [0.1, 0.15) is 9.78 Å². The summed E-state index contributed by atoms with van der Waals surface area (Å²) in [6.07, 6.45) is -1.23. The molecular weight excluding hydrogens is 229 g/mol. The van der Waals surface area contributed by atoms with Gasteiger partial charge >= 0.3 is 51.5 Å². The van der Waals surface area contributed by atoms with Crippen molar-refractivity contribution >= 4 is 51.5 Å². The predicted octanol–water partition coefficient (Wildman–Crippen LogP) is -1.26. The SMILES string of the molecule is CC(OP(=O)(O)O)C(N)C(=O)O.[Ca+2].[H-].[H-]. The Morgan fingerprint density at radius 3 is 2.23 bits per heavy atom. The standard InChI is InChI=1S/C4H10NO6P.Ca.2H/c1-2(3(5)4(6)7)11-12(8,9)10;;;/h2-3H,5H2,1H3,(H,6,7)(H2,8,9,10);;;/q;+2;2*-1. The Bertz CT molecular complexity index is 225. The van der Waals surface area contributed by atoms with Gasteiger partial charge in [-0.25, -0.2) is 4.57 Å². The zero-order valence-corrected chi connectivity index (χ0v) is 10.1. The molecule has 0 aliphatic rings. The summed E-state index contributed by atoms with van der Waals surface area (Å²) in [7, 11) is -4.66. The van der Waals surface area contributed by atoms with Gasteiger partial charge in [-0.15, -0.1) is 0 Å². The predicted molar refractivity (Wildman–Crippen MR) is 46.2 cm³/mol. The molecule has 0 radical (unpaired) electrons. The molecule has 76 valence electrons. The van der Waals surface area contributed by atoms with Gasteiger partial charge in [0.2, 0.25) is 0 Å². The van der Waals surface area contributed by atoms with Gasteiger partial charge in [-0.2, -0.15) is 0 Å². The molecule has 7 nitrogen and oxygen atoms in total. The van der Waals surface area contributed by atoms with Crippen LogP contribution < -0.4 is 5.73 Å². The fourth-order valence-electron chi connectivity index (χ4n) is 0.483. The second kappa shape index (κ2) is 6.31. The third kappa shape index (κ3) is 7.84. The van der Waals surface area contributed by atoms with Crippen molar-refractivity contribution in [3.8, 4) is 0 Å². The van der Waals surface area contributed by atoms with E-state index in [1.54, 1.807) is 0 Å². The zero-order valence-electron chi connectivity index (χ0n) is 8.95. The van der Waals surface area contributed by atoms with Crippen LogP contribution in [0.2, 0.25) is 0 Å². The van der Waals surface area contributed by atoms with E-state index in [4.69, 9.17) is 20.6 Å². The fourth-order valence-corrected chi connectivity index (χ4v) is 1.05. The fraction of sp³-hybridized carbons (Fsp3) is 0.750. The first-order valence-electron chi connectivity index (χ1n) is 2.96. The molecular formula is C4H12CaNO6P. The molecule has 13 heavy (non-hydrogen) atoms. The van der Waals surface area contributed by atoms with Gasteiger partial charge in [-0.3, -0.25) is 9.32 Å². The molecule has 0 bridgehead atoms. The van der Waals surface area contributed by atoms with E-state index < -0.39 is 25.9 Å². The first-order chi connectivity index (χ1) is 5.24. The van der Waals surface area contributed by atoms with E-state index in [1.807, 2.05) is 0 Å². The van der Waals surface area contributed by atoms with Crippen molar-refractivity contribution in [2.24, 2.45) is 5.73 Å². The molecule has 2 atom stereocenters. The smallest absolute Gasteiger partial charge is 1.00 e.